The third-order valence-electron chi connectivity index (χ3n) is 4.94. The number of alkyl carbamates (subject to hydrolysis) is 1. The van der Waals surface area contributed by atoms with Crippen molar-refractivity contribution in [2.45, 2.75) is 45.3 Å². The summed E-state index contributed by atoms with van der Waals surface area (Å²) in [6.07, 6.45) is 0.325. The number of nitrogens with one attached hydrogen (secondary N) is 1. The summed E-state index contributed by atoms with van der Waals surface area (Å²) in [5.74, 6) is 1.02. The van der Waals surface area contributed by atoms with Crippen LogP contribution in [0.3, 0.4) is 0 Å². The quantitative estimate of drug-likeness (QED) is 0.783. The average molecular weight is 419 g/mol. The van der Waals surface area contributed by atoms with Gasteiger partial charge < -0.3 is 29.3 Å². The maximum absolute atomic E-state index is 12.6. The van der Waals surface area contributed by atoms with Crippen LogP contribution in [-0.4, -0.2) is 67.8 Å². The Kier molecular flexibility index (Phi) is 6.38. The number of ether oxygens (including phenoxy) is 3. The van der Waals surface area contributed by atoms with Crippen LogP contribution in [0.1, 0.15) is 33.6 Å². The first-order valence-corrected chi connectivity index (χ1v) is 10.0. The molecule has 0 radical (unpaired) electrons. The van der Waals surface area contributed by atoms with Gasteiger partial charge in [-0.2, -0.15) is 0 Å². The van der Waals surface area contributed by atoms with Gasteiger partial charge in [-0.15, -0.1) is 0 Å². The van der Waals surface area contributed by atoms with Crippen molar-refractivity contribution in [2.24, 2.45) is 0 Å². The van der Waals surface area contributed by atoms with Gasteiger partial charge in [0.1, 0.15) is 17.1 Å². The number of rotatable bonds is 5. The van der Waals surface area contributed by atoms with Crippen LogP contribution in [-0.2, 0) is 14.3 Å². The van der Waals surface area contributed by atoms with Gasteiger partial charge in [0, 0.05) is 38.2 Å². The Morgan fingerprint density at radius 3 is 2.67 bits per heavy atom. The molecular weight excluding hydrogens is 390 g/mol. The third-order valence-corrected chi connectivity index (χ3v) is 4.94. The molecule has 0 saturated carbocycles. The maximum atomic E-state index is 12.6. The normalized spacial score (nSPS) is 19.1. The van der Waals surface area contributed by atoms with Crippen molar-refractivity contribution < 1.29 is 28.6 Å². The number of benzene rings is 1. The standard InChI is InChI=1S/C21H29N3O6/c1-21(2,3)30-20(27)22-14-7-8-23(18(25)11-14)9-10-24-16-12-15(28-4)5-6-17(16)29-13-19(24)26/h5-6,12,14H,7-11,13H2,1-4H3,(H,22,27). The monoisotopic (exact) mass is 419 g/mol. The summed E-state index contributed by atoms with van der Waals surface area (Å²) in [4.78, 5) is 40.2. The second-order valence-electron chi connectivity index (χ2n) is 8.38. The van der Waals surface area contributed by atoms with Gasteiger partial charge in [0.25, 0.3) is 5.91 Å². The van der Waals surface area contributed by atoms with Crippen molar-refractivity contribution in [1.82, 2.24) is 10.2 Å². The highest BCUT2D eigenvalue weighted by atomic mass is 16.6. The van der Waals surface area contributed by atoms with E-state index >= 15 is 0 Å². The number of carbonyl (C=O) groups is 3. The highest BCUT2D eigenvalue weighted by molar-refractivity contribution is 5.98. The predicted molar refractivity (Wildman–Crippen MR) is 110 cm³/mol. The van der Waals surface area contributed by atoms with Gasteiger partial charge in [0.05, 0.1) is 12.8 Å². The van der Waals surface area contributed by atoms with Gasteiger partial charge in [0.2, 0.25) is 5.91 Å². The second-order valence-corrected chi connectivity index (χ2v) is 8.38. The molecule has 30 heavy (non-hydrogen) atoms. The smallest absolute Gasteiger partial charge is 0.407 e. The summed E-state index contributed by atoms with van der Waals surface area (Å²) >= 11 is 0. The molecule has 3 rings (SSSR count). The number of hydrogen-bond donors (Lipinski definition) is 1. The number of fused-ring (bicyclic) bond motifs is 1. The van der Waals surface area contributed by atoms with Gasteiger partial charge in [-0.3, -0.25) is 9.59 Å². The lowest BCUT2D eigenvalue weighted by molar-refractivity contribution is -0.134. The van der Waals surface area contributed by atoms with Crippen LogP contribution >= 0.6 is 0 Å². The zero-order valence-electron chi connectivity index (χ0n) is 17.9. The molecule has 1 aromatic carbocycles. The number of methoxy groups -OCH3 is 1. The SMILES string of the molecule is COc1ccc2c(c1)N(CCN1CCC(NC(=O)OC(C)(C)C)CC1=O)C(=O)CO2. The maximum Gasteiger partial charge on any atom is 0.407 e. The van der Waals surface area contributed by atoms with E-state index in [1.807, 2.05) is 0 Å². The predicted octanol–water partition coefficient (Wildman–Crippen LogP) is 1.94. The molecule has 1 N–H and O–H groups in total. The second kappa shape index (κ2) is 8.81. The van der Waals surface area contributed by atoms with Gasteiger partial charge in [0.15, 0.2) is 6.61 Å². The van der Waals surface area contributed by atoms with E-state index in [-0.39, 0.29) is 30.9 Å². The van der Waals surface area contributed by atoms with Crippen LogP contribution in [0.15, 0.2) is 18.2 Å². The van der Waals surface area contributed by atoms with Gasteiger partial charge in [-0.05, 0) is 39.3 Å². The van der Waals surface area contributed by atoms with Crippen molar-refractivity contribution in [2.75, 3.05) is 38.3 Å². The van der Waals surface area contributed by atoms with E-state index < -0.39 is 11.7 Å². The summed E-state index contributed by atoms with van der Waals surface area (Å²) in [6.45, 7) is 6.61. The molecular formula is C21H29N3O6. The zero-order valence-corrected chi connectivity index (χ0v) is 17.9. The Morgan fingerprint density at radius 1 is 1.23 bits per heavy atom. The number of anilines is 1. The molecule has 1 unspecified atom stereocenters. The Bertz CT molecular complexity index is 819. The molecule has 0 aromatic heterocycles. The minimum Gasteiger partial charge on any atom is -0.497 e. The lowest BCUT2D eigenvalue weighted by atomic mass is 10.0. The number of piperidine rings is 1. The highest BCUT2D eigenvalue weighted by Crippen LogP contribution is 2.35. The molecule has 1 aromatic rings. The molecule has 2 heterocycles. The summed E-state index contributed by atoms with van der Waals surface area (Å²) in [5.41, 5.74) is 0.0536. The van der Waals surface area contributed by atoms with Gasteiger partial charge >= 0.3 is 6.09 Å². The molecule has 0 bridgehead atoms. The minimum absolute atomic E-state index is 0.0326. The fraction of sp³-hybridized carbons (Fsp3) is 0.571. The van der Waals surface area contributed by atoms with Gasteiger partial charge in [-0.25, -0.2) is 4.79 Å². The first-order chi connectivity index (χ1) is 14.2. The topological polar surface area (TPSA) is 97.4 Å². The number of amides is 3. The number of carbonyl (C=O) groups excluding carboxylic acids is 3. The molecule has 2 aliphatic heterocycles. The molecule has 164 valence electrons. The fourth-order valence-electron chi connectivity index (χ4n) is 3.49. The Hall–Kier alpha value is -2.97. The van der Waals surface area contributed by atoms with Crippen molar-refractivity contribution in [1.29, 1.82) is 0 Å². The molecule has 1 saturated heterocycles. The van der Waals surface area contributed by atoms with Crippen LogP contribution in [0.25, 0.3) is 0 Å². The van der Waals surface area contributed by atoms with E-state index in [4.69, 9.17) is 14.2 Å². The van der Waals surface area contributed by atoms with E-state index in [2.05, 4.69) is 5.32 Å². The molecule has 0 aliphatic carbocycles. The molecule has 9 nitrogen and oxygen atoms in total. The van der Waals surface area contributed by atoms with Crippen molar-refractivity contribution >= 4 is 23.6 Å². The Balaban J connectivity index is 1.56. The third kappa shape index (κ3) is 5.34. The van der Waals surface area contributed by atoms with E-state index in [1.54, 1.807) is 55.9 Å². The summed E-state index contributed by atoms with van der Waals surface area (Å²) in [7, 11) is 1.56. The van der Waals surface area contributed by atoms with Gasteiger partial charge in [-0.1, -0.05) is 0 Å². The van der Waals surface area contributed by atoms with E-state index in [0.717, 1.165) is 0 Å². The molecule has 3 amide bonds. The highest BCUT2D eigenvalue weighted by Gasteiger charge is 2.31. The summed E-state index contributed by atoms with van der Waals surface area (Å²) in [6, 6.07) is 5.05. The number of likely N-dealkylation sites (tertiary alicyclic amines) is 1. The van der Waals surface area contributed by atoms with Crippen molar-refractivity contribution in [3.8, 4) is 11.5 Å². The molecule has 1 atom stereocenters. The largest absolute Gasteiger partial charge is 0.497 e. The lowest BCUT2D eigenvalue weighted by Crippen LogP contribution is -2.51. The molecule has 9 heteroatoms. The van der Waals surface area contributed by atoms with Crippen LogP contribution in [0.2, 0.25) is 0 Å². The van der Waals surface area contributed by atoms with Crippen LogP contribution in [0, 0.1) is 0 Å². The molecule has 1 fully saturated rings. The van der Waals surface area contributed by atoms with E-state index in [0.29, 0.717) is 43.2 Å². The Morgan fingerprint density at radius 2 is 2.00 bits per heavy atom. The van der Waals surface area contributed by atoms with Crippen LogP contribution in [0.4, 0.5) is 10.5 Å². The van der Waals surface area contributed by atoms with E-state index in [1.165, 1.54) is 0 Å². The Labute approximate surface area is 176 Å². The van der Waals surface area contributed by atoms with Crippen molar-refractivity contribution in [3.05, 3.63) is 18.2 Å². The minimum atomic E-state index is -0.585. The van der Waals surface area contributed by atoms with Crippen LogP contribution < -0.4 is 19.7 Å². The first kappa shape index (κ1) is 21.7. The zero-order chi connectivity index (χ0) is 21.9. The fourth-order valence-corrected chi connectivity index (χ4v) is 3.49. The first-order valence-electron chi connectivity index (χ1n) is 10.0. The van der Waals surface area contributed by atoms with Crippen molar-refractivity contribution in [3.63, 3.8) is 0 Å². The number of hydrogen-bond acceptors (Lipinski definition) is 6. The lowest BCUT2D eigenvalue weighted by Gasteiger charge is -2.35. The summed E-state index contributed by atoms with van der Waals surface area (Å²) in [5, 5.41) is 2.76. The van der Waals surface area contributed by atoms with Crippen LogP contribution in [0.5, 0.6) is 11.5 Å². The summed E-state index contributed by atoms with van der Waals surface area (Å²) < 4.78 is 16.0. The number of nitrogens with zero attached hydrogens (tertiary/aromatic N) is 2. The molecule has 0 spiro atoms. The van der Waals surface area contributed by atoms with E-state index in [9.17, 15) is 14.4 Å². The average Bonchev–Trinajstić information content (AvgIpc) is 2.66. The molecule has 2 aliphatic rings.